The number of carbonyl (C=O) groups is 3. The van der Waals surface area contributed by atoms with Crippen molar-refractivity contribution in [3.63, 3.8) is 0 Å². The Bertz CT molecular complexity index is 366. The van der Waals surface area contributed by atoms with Gasteiger partial charge in [0.25, 0.3) is 0 Å². The molecule has 0 aliphatic heterocycles. The van der Waals surface area contributed by atoms with E-state index in [2.05, 4.69) is 17.9 Å². The number of hydrogen-bond acceptors (Lipinski definition) is 4. The molecule has 0 spiro atoms. The van der Waals surface area contributed by atoms with Crippen LogP contribution in [-0.2, 0) is 14.4 Å². The summed E-state index contributed by atoms with van der Waals surface area (Å²) in [7, 11) is 0. The summed E-state index contributed by atoms with van der Waals surface area (Å²) in [5.41, 5.74) is 0. The average Bonchev–Trinajstić information content (AvgIpc) is 2.24. The minimum atomic E-state index is -1.11. The zero-order valence-corrected chi connectivity index (χ0v) is 13.0. The molecule has 3 atom stereocenters. The van der Waals surface area contributed by atoms with Crippen molar-refractivity contribution in [2.24, 2.45) is 11.8 Å². The molecule has 0 aromatic carbocycles. The monoisotopic (exact) mass is 289 g/mol. The lowest BCUT2D eigenvalue weighted by Crippen LogP contribution is -2.50. The minimum Gasteiger partial charge on any atom is -0.480 e. The van der Waals surface area contributed by atoms with Crippen LogP contribution in [0.2, 0.25) is 0 Å². The van der Waals surface area contributed by atoms with Gasteiger partial charge in [0.1, 0.15) is 11.8 Å². The van der Waals surface area contributed by atoms with Gasteiger partial charge in [-0.2, -0.15) is 12.6 Å². The number of hydrogen-bond donors (Lipinski definition) is 3. The minimum absolute atomic E-state index is 0.196. The summed E-state index contributed by atoms with van der Waals surface area (Å²) in [6.45, 7) is 8.23. The number of rotatable bonds is 7. The van der Waals surface area contributed by atoms with Crippen LogP contribution >= 0.6 is 12.6 Å². The second kappa shape index (κ2) is 6.93. The molecular weight excluding hydrogens is 266 g/mol. The van der Waals surface area contributed by atoms with Gasteiger partial charge in [0, 0.05) is 0 Å². The average molecular weight is 289 g/mol. The summed E-state index contributed by atoms with van der Waals surface area (Å²) in [6, 6.07) is -0.988. The molecule has 19 heavy (non-hydrogen) atoms. The van der Waals surface area contributed by atoms with Gasteiger partial charge in [0.05, 0.1) is 10.7 Å². The first kappa shape index (κ1) is 18.0. The Morgan fingerprint density at radius 1 is 1.26 bits per heavy atom. The summed E-state index contributed by atoms with van der Waals surface area (Å²) in [4.78, 5) is 34.6. The molecule has 0 saturated heterocycles. The van der Waals surface area contributed by atoms with Crippen LogP contribution in [-0.4, -0.2) is 33.6 Å². The molecule has 6 heteroatoms. The van der Waals surface area contributed by atoms with Crippen molar-refractivity contribution in [1.82, 2.24) is 5.32 Å². The van der Waals surface area contributed by atoms with Crippen LogP contribution in [0.15, 0.2) is 0 Å². The van der Waals surface area contributed by atoms with E-state index in [9.17, 15) is 14.4 Å². The Morgan fingerprint density at radius 3 is 2.05 bits per heavy atom. The Hall–Kier alpha value is -1.04. The van der Waals surface area contributed by atoms with Crippen molar-refractivity contribution in [1.29, 1.82) is 0 Å². The lowest BCUT2D eigenvalue weighted by atomic mass is 9.82. The Labute approximate surface area is 119 Å². The summed E-state index contributed by atoms with van der Waals surface area (Å²) in [6.07, 6.45) is 0.470. The Balaban J connectivity index is 5.10. The third-order valence-corrected chi connectivity index (χ3v) is 3.77. The smallest absolute Gasteiger partial charge is 0.325 e. The molecule has 0 aliphatic rings. The van der Waals surface area contributed by atoms with Gasteiger partial charge >= 0.3 is 5.97 Å². The van der Waals surface area contributed by atoms with Gasteiger partial charge in [0.15, 0.2) is 0 Å². The molecule has 0 aromatic heterocycles. The third-order valence-electron chi connectivity index (χ3n) is 3.14. The van der Waals surface area contributed by atoms with Gasteiger partial charge in [0.2, 0.25) is 5.91 Å². The second-order valence-electron chi connectivity index (χ2n) is 5.45. The van der Waals surface area contributed by atoms with E-state index < -0.39 is 28.6 Å². The SMILES string of the molecule is CC(=O)C(C)(S)C(CC(C)C)C(=O)N[C@@H](C)C(=O)O. The van der Waals surface area contributed by atoms with E-state index >= 15 is 0 Å². The molecule has 0 heterocycles. The molecule has 0 aliphatic carbocycles. The van der Waals surface area contributed by atoms with E-state index in [1.54, 1.807) is 6.92 Å². The van der Waals surface area contributed by atoms with Gasteiger partial charge < -0.3 is 10.4 Å². The fourth-order valence-corrected chi connectivity index (χ4v) is 1.91. The molecule has 0 bridgehead atoms. The standard InChI is InChI=1S/C13H23NO4S/c1-7(2)6-10(13(5,19)9(4)15)11(16)14-8(3)12(17)18/h7-8,10,19H,6H2,1-5H3,(H,14,16)(H,17,18)/t8-,10?,13?/m0/s1. The zero-order chi connectivity index (χ0) is 15.4. The topological polar surface area (TPSA) is 83.5 Å². The van der Waals surface area contributed by atoms with Gasteiger partial charge in [-0.25, -0.2) is 0 Å². The zero-order valence-electron chi connectivity index (χ0n) is 12.1. The molecule has 1 amide bonds. The van der Waals surface area contributed by atoms with Gasteiger partial charge in [-0.3, -0.25) is 14.4 Å². The fourth-order valence-electron chi connectivity index (χ4n) is 1.68. The molecule has 0 saturated carbocycles. The number of amides is 1. The third kappa shape index (κ3) is 5.22. The molecule has 0 fully saturated rings. The fraction of sp³-hybridized carbons (Fsp3) is 0.769. The van der Waals surface area contributed by atoms with Crippen molar-refractivity contribution >= 4 is 30.3 Å². The molecule has 0 rings (SSSR count). The number of nitrogens with one attached hydrogen (secondary N) is 1. The van der Waals surface area contributed by atoms with E-state index in [0.29, 0.717) is 6.42 Å². The molecule has 2 unspecified atom stereocenters. The molecule has 110 valence electrons. The van der Waals surface area contributed by atoms with Crippen molar-refractivity contribution in [2.45, 2.75) is 51.8 Å². The van der Waals surface area contributed by atoms with E-state index in [0.717, 1.165) is 0 Å². The first-order valence-corrected chi connectivity index (χ1v) is 6.71. The van der Waals surface area contributed by atoms with Crippen LogP contribution in [0.4, 0.5) is 0 Å². The largest absolute Gasteiger partial charge is 0.480 e. The number of carboxylic acid groups (broad SMARTS) is 1. The Kier molecular flexibility index (Phi) is 6.55. The van der Waals surface area contributed by atoms with Gasteiger partial charge in [-0.05, 0) is 33.1 Å². The number of ketones is 1. The van der Waals surface area contributed by atoms with Crippen LogP contribution in [0.3, 0.4) is 0 Å². The first-order valence-electron chi connectivity index (χ1n) is 6.26. The summed E-state index contributed by atoms with van der Waals surface area (Å²) < 4.78 is -1.10. The highest BCUT2D eigenvalue weighted by atomic mass is 32.1. The summed E-state index contributed by atoms with van der Waals surface area (Å²) in [5, 5.41) is 11.2. The van der Waals surface area contributed by atoms with Crippen LogP contribution in [0, 0.1) is 11.8 Å². The van der Waals surface area contributed by atoms with E-state index in [1.807, 2.05) is 13.8 Å². The van der Waals surface area contributed by atoms with Crippen LogP contribution in [0.1, 0.15) is 41.0 Å². The number of carboxylic acids is 1. The van der Waals surface area contributed by atoms with Gasteiger partial charge in [-0.1, -0.05) is 13.8 Å². The molecule has 0 radical (unpaired) electrons. The maximum absolute atomic E-state index is 12.2. The molecular formula is C13H23NO4S. The lowest BCUT2D eigenvalue weighted by molar-refractivity contribution is -0.142. The van der Waals surface area contributed by atoms with Crippen molar-refractivity contribution in [2.75, 3.05) is 0 Å². The number of carbonyl (C=O) groups excluding carboxylic acids is 2. The normalized spacial score (nSPS) is 17.4. The highest BCUT2D eigenvalue weighted by Gasteiger charge is 2.40. The highest BCUT2D eigenvalue weighted by Crippen LogP contribution is 2.31. The summed E-state index contributed by atoms with van der Waals surface area (Å²) in [5.74, 6) is -2.23. The predicted molar refractivity (Wildman–Crippen MR) is 76.3 cm³/mol. The number of Topliss-reactive ketones (excluding diaryl/α,β-unsaturated/α-hetero) is 1. The van der Waals surface area contributed by atoms with E-state index in [-0.39, 0.29) is 11.7 Å². The quantitative estimate of drug-likeness (QED) is 0.620. The maximum Gasteiger partial charge on any atom is 0.325 e. The highest BCUT2D eigenvalue weighted by molar-refractivity contribution is 7.82. The lowest BCUT2D eigenvalue weighted by Gasteiger charge is -2.31. The van der Waals surface area contributed by atoms with E-state index in [4.69, 9.17) is 5.11 Å². The van der Waals surface area contributed by atoms with Crippen molar-refractivity contribution in [3.8, 4) is 0 Å². The summed E-state index contributed by atoms with van der Waals surface area (Å²) >= 11 is 4.31. The second-order valence-corrected chi connectivity index (χ2v) is 6.38. The molecule has 2 N–H and O–H groups in total. The maximum atomic E-state index is 12.2. The van der Waals surface area contributed by atoms with Crippen LogP contribution < -0.4 is 5.32 Å². The number of aliphatic carboxylic acids is 1. The van der Waals surface area contributed by atoms with Crippen molar-refractivity contribution in [3.05, 3.63) is 0 Å². The predicted octanol–water partition coefficient (Wildman–Crippen LogP) is 1.52. The van der Waals surface area contributed by atoms with Crippen molar-refractivity contribution < 1.29 is 19.5 Å². The number of thiol groups is 1. The van der Waals surface area contributed by atoms with Crippen LogP contribution in [0.5, 0.6) is 0 Å². The molecule has 0 aromatic rings. The van der Waals surface area contributed by atoms with Gasteiger partial charge in [-0.15, -0.1) is 0 Å². The Morgan fingerprint density at radius 2 is 1.74 bits per heavy atom. The molecule has 5 nitrogen and oxygen atoms in total. The first-order chi connectivity index (χ1) is 8.50. The van der Waals surface area contributed by atoms with Crippen LogP contribution in [0.25, 0.3) is 0 Å². The van der Waals surface area contributed by atoms with E-state index in [1.165, 1.54) is 13.8 Å².